The number of hydrogen-bond acceptors (Lipinski definition) is 2. The summed E-state index contributed by atoms with van der Waals surface area (Å²) >= 11 is 0. The molecule has 1 aromatic rings. The van der Waals surface area contributed by atoms with Crippen LogP contribution in [0.15, 0.2) is 24.3 Å². The summed E-state index contributed by atoms with van der Waals surface area (Å²) in [5.74, 6) is 0.107. The van der Waals surface area contributed by atoms with Gasteiger partial charge in [-0.15, -0.1) is 0 Å². The molecule has 4 nitrogen and oxygen atoms in total. The van der Waals surface area contributed by atoms with Crippen molar-refractivity contribution < 1.29 is 4.79 Å². The molecule has 0 unspecified atom stereocenters. The molecule has 1 amide bonds. The van der Waals surface area contributed by atoms with Crippen molar-refractivity contribution in [3.8, 4) is 0 Å². The van der Waals surface area contributed by atoms with Gasteiger partial charge in [-0.3, -0.25) is 10.2 Å². The number of nitrogens with one attached hydrogen (secondary N) is 2. The average molecular weight is 219 g/mol. The minimum Gasteiger partial charge on any atom is -0.387 e. The van der Waals surface area contributed by atoms with Crippen molar-refractivity contribution in [3.63, 3.8) is 0 Å². The molecule has 0 heterocycles. The van der Waals surface area contributed by atoms with Gasteiger partial charge in [0.2, 0.25) is 5.91 Å². The van der Waals surface area contributed by atoms with Crippen molar-refractivity contribution in [2.45, 2.75) is 20.3 Å². The van der Waals surface area contributed by atoms with Gasteiger partial charge >= 0.3 is 0 Å². The van der Waals surface area contributed by atoms with Crippen molar-refractivity contribution in [1.82, 2.24) is 0 Å². The average Bonchev–Trinajstić information content (AvgIpc) is 2.20. The molecule has 0 aromatic heterocycles. The number of nitrogens with two attached hydrogens (primary N) is 1. The first-order valence-corrected chi connectivity index (χ1v) is 5.21. The summed E-state index contributed by atoms with van der Waals surface area (Å²) in [5, 5.41) is 9.96. The van der Waals surface area contributed by atoms with Crippen LogP contribution in [0.1, 0.15) is 19.4 Å². The second-order valence-corrected chi connectivity index (χ2v) is 4.04. The number of amidine groups is 1. The maximum Gasteiger partial charge on any atom is 0.226 e. The summed E-state index contributed by atoms with van der Waals surface area (Å²) < 4.78 is 0. The minimum atomic E-state index is -0.0307. The summed E-state index contributed by atoms with van der Waals surface area (Å²) in [7, 11) is 0. The Hall–Kier alpha value is -1.84. The highest BCUT2D eigenvalue weighted by Gasteiger charge is 2.06. The molecule has 0 aliphatic rings. The predicted octanol–water partition coefficient (Wildman–Crippen LogP) is 1.76. The molecule has 1 aromatic carbocycles. The molecule has 1 rings (SSSR count). The third-order valence-electron chi connectivity index (χ3n) is 2.14. The van der Waals surface area contributed by atoms with E-state index >= 15 is 0 Å². The second-order valence-electron chi connectivity index (χ2n) is 4.04. The first kappa shape index (κ1) is 12.2. The van der Waals surface area contributed by atoms with Crippen molar-refractivity contribution in [3.05, 3.63) is 29.8 Å². The standard InChI is InChI=1S/C12H17N3O/c1-8(2)12(16)15-10-5-3-9(4-6-10)7-11(13)14/h3-6,8H,7H2,1-2H3,(H3,13,14)(H,15,16). The zero-order chi connectivity index (χ0) is 12.1. The minimum absolute atomic E-state index is 0.000632. The summed E-state index contributed by atoms with van der Waals surface area (Å²) in [5.41, 5.74) is 7.03. The van der Waals surface area contributed by atoms with Crippen LogP contribution >= 0.6 is 0 Å². The molecule has 16 heavy (non-hydrogen) atoms. The Balaban J connectivity index is 2.64. The van der Waals surface area contributed by atoms with Gasteiger partial charge in [0.25, 0.3) is 0 Å². The quantitative estimate of drug-likeness (QED) is 0.533. The van der Waals surface area contributed by atoms with Gasteiger partial charge in [0.15, 0.2) is 0 Å². The van der Waals surface area contributed by atoms with Crippen LogP contribution in [0, 0.1) is 11.3 Å². The maximum atomic E-state index is 11.4. The Bertz CT molecular complexity index is 382. The monoisotopic (exact) mass is 219 g/mol. The fourth-order valence-electron chi connectivity index (χ4n) is 1.21. The summed E-state index contributed by atoms with van der Waals surface area (Å²) in [6.45, 7) is 3.69. The number of hydrogen-bond donors (Lipinski definition) is 3. The van der Waals surface area contributed by atoms with Gasteiger partial charge in [-0.25, -0.2) is 0 Å². The van der Waals surface area contributed by atoms with Crippen LogP contribution in [-0.2, 0) is 11.2 Å². The molecule has 0 saturated carbocycles. The molecule has 86 valence electrons. The molecule has 0 bridgehead atoms. The Labute approximate surface area is 95.4 Å². The van der Waals surface area contributed by atoms with E-state index in [0.717, 1.165) is 11.3 Å². The Kier molecular flexibility index (Phi) is 4.05. The zero-order valence-corrected chi connectivity index (χ0v) is 9.58. The van der Waals surface area contributed by atoms with Gasteiger partial charge in [-0.1, -0.05) is 26.0 Å². The predicted molar refractivity (Wildman–Crippen MR) is 65.5 cm³/mol. The van der Waals surface area contributed by atoms with E-state index in [-0.39, 0.29) is 17.7 Å². The number of amides is 1. The lowest BCUT2D eigenvalue weighted by atomic mass is 10.1. The molecule has 0 aliphatic heterocycles. The van der Waals surface area contributed by atoms with E-state index in [4.69, 9.17) is 11.1 Å². The van der Waals surface area contributed by atoms with E-state index < -0.39 is 0 Å². The van der Waals surface area contributed by atoms with Gasteiger partial charge in [0.05, 0.1) is 5.84 Å². The fraction of sp³-hybridized carbons (Fsp3) is 0.333. The van der Waals surface area contributed by atoms with Gasteiger partial charge in [0, 0.05) is 18.0 Å². The van der Waals surface area contributed by atoms with Crippen LogP contribution in [0.25, 0.3) is 0 Å². The third kappa shape index (κ3) is 3.73. The van der Waals surface area contributed by atoms with E-state index in [1.165, 1.54) is 0 Å². The van der Waals surface area contributed by atoms with Crippen LogP contribution in [0.4, 0.5) is 5.69 Å². The zero-order valence-electron chi connectivity index (χ0n) is 9.58. The van der Waals surface area contributed by atoms with Crippen molar-refractivity contribution >= 4 is 17.4 Å². The molecule has 4 heteroatoms. The molecular weight excluding hydrogens is 202 g/mol. The van der Waals surface area contributed by atoms with Crippen molar-refractivity contribution in [1.29, 1.82) is 5.41 Å². The summed E-state index contributed by atoms with van der Waals surface area (Å²) in [6.07, 6.45) is 0.443. The molecule has 0 spiro atoms. The number of carbonyl (C=O) groups excluding carboxylic acids is 1. The van der Waals surface area contributed by atoms with E-state index in [1.54, 1.807) is 0 Å². The molecule has 4 N–H and O–H groups in total. The molecule has 0 radical (unpaired) electrons. The number of carbonyl (C=O) groups is 1. The van der Waals surface area contributed by atoms with Crippen molar-refractivity contribution in [2.24, 2.45) is 11.7 Å². The summed E-state index contributed by atoms with van der Waals surface area (Å²) in [4.78, 5) is 11.4. The largest absolute Gasteiger partial charge is 0.387 e. The lowest BCUT2D eigenvalue weighted by Crippen LogP contribution is -2.17. The highest BCUT2D eigenvalue weighted by atomic mass is 16.1. The molecule has 0 fully saturated rings. The fourth-order valence-corrected chi connectivity index (χ4v) is 1.21. The first-order chi connectivity index (χ1) is 7.49. The maximum absolute atomic E-state index is 11.4. The van der Waals surface area contributed by atoms with Crippen LogP contribution in [0.2, 0.25) is 0 Å². The summed E-state index contributed by atoms with van der Waals surface area (Å²) in [6, 6.07) is 7.35. The molecule has 0 aliphatic carbocycles. The highest BCUT2D eigenvalue weighted by Crippen LogP contribution is 2.11. The second kappa shape index (κ2) is 5.30. The van der Waals surface area contributed by atoms with Crippen LogP contribution in [-0.4, -0.2) is 11.7 Å². The third-order valence-corrected chi connectivity index (χ3v) is 2.14. The molecule has 0 saturated heterocycles. The topological polar surface area (TPSA) is 79.0 Å². The number of anilines is 1. The number of rotatable bonds is 4. The van der Waals surface area contributed by atoms with E-state index in [9.17, 15) is 4.79 Å². The normalized spacial score (nSPS) is 10.2. The van der Waals surface area contributed by atoms with E-state index in [2.05, 4.69) is 5.32 Å². The number of benzene rings is 1. The Morgan fingerprint density at radius 3 is 2.38 bits per heavy atom. The first-order valence-electron chi connectivity index (χ1n) is 5.21. The van der Waals surface area contributed by atoms with Crippen LogP contribution < -0.4 is 11.1 Å². The van der Waals surface area contributed by atoms with Gasteiger partial charge in [0.1, 0.15) is 0 Å². The van der Waals surface area contributed by atoms with Gasteiger partial charge in [-0.05, 0) is 17.7 Å². The van der Waals surface area contributed by atoms with E-state index in [0.29, 0.717) is 6.42 Å². The van der Waals surface area contributed by atoms with Crippen molar-refractivity contribution in [2.75, 3.05) is 5.32 Å². The molecule has 0 atom stereocenters. The van der Waals surface area contributed by atoms with Gasteiger partial charge < -0.3 is 11.1 Å². The van der Waals surface area contributed by atoms with Gasteiger partial charge in [-0.2, -0.15) is 0 Å². The Morgan fingerprint density at radius 2 is 1.94 bits per heavy atom. The molecular formula is C12H17N3O. The Morgan fingerprint density at radius 1 is 1.38 bits per heavy atom. The van der Waals surface area contributed by atoms with Crippen LogP contribution in [0.5, 0.6) is 0 Å². The lowest BCUT2D eigenvalue weighted by molar-refractivity contribution is -0.118. The lowest BCUT2D eigenvalue weighted by Gasteiger charge is -2.08. The SMILES string of the molecule is CC(C)C(=O)Nc1ccc(CC(=N)N)cc1. The van der Waals surface area contributed by atoms with E-state index in [1.807, 2.05) is 38.1 Å². The van der Waals surface area contributed by atoms with Crippen LogP contribution in [0.3, 0.4) is 0 Å². The highest BCUT2D eigenvalue weighted by molar-refractivity contribution is 5.92. The smallest absolute Gasteiger partial charge is 0.226 e.